The predicted molar refractivity (Wildman–Crippen MR) is 114 cm³/mol. The Kier molecular flexibility index (Phi) is 9.03. The molecule has 0 heterocycles. The van der Waals surface area contributed by atoms with Crippen LogP contribution in [0.15, 0.2) is 53.6 Å². The monoisotopic (exact) mass is 427 g/mol. The van der Waals surface area contributed by atoms with E-state index in [0.717, 1.165) is 5.56 Å². The fraction of sp³-hybridized carbons (Fsp3) is 0.273. The average Bonchev–Trinajstić information content (AvgIpc) is 2.78. The van der Waals surface area contributed by atoms with E-state index >= 15 is 0 Å². The Morgan fingerprint density at radius 2 is 1.81 bits per heavy atom. The van der Waals surface area contributed by atoms with E-state index in [4.69, 9.17) is 9.47 Å². The van der Waals surface area contributed by atoms with Gasteiger partial charge >= 0.3 is 5.97 Å². The normalized spacial score (nSPS) is 11.5. The van der Waals surface area contributed by atoms with Crippen LogP contribution in [0.4, 0.5) is 0 Å². The number of nitrogens with one attached hydrogen (secondary N) is 2. The van der Waals surface area contributed by atoms with Crippen molar-refractivity contribution >= 4 is 24.0 Å². The minimum Gasteiger partial charge on any atom is -0.497 e. The molecular weight excluding hydrogens is 402 g/mol. The zero-order chi connectivity index (χ0) is 22.6. The lowest BCUT2D eigenvalue weighted by Crippen LogP contribution is -2.43. The third-order valence-electron chi connectivity index (χ3n) is 4.13. The Labute approximate surface area is 180 Å². The number of hydrogen-bond donors (Lipinski definition) is 2. The molecule has 2 aromatic rings. The summed E-state index contributed by atoms with van der Waals surface area (Å²) >= 11 is 0. The highest BCUT2D eigenvalue weighted by Crippen LogP contribution is 2.12. The van der Waals surface area contributed by atoms with E-state index in [-0.39, 0.29) is 18.9 Å². The number of nitrogens with zero attached hydrogens (tertiary/aromatic N) is 1. The number of methoxy groups -OCH3 is 2. The van der Waals surface area contributed by atoms with E-state index in [1.807, 2.05) is 0 Å². The number of rotatable bonds is 10. The summed E-state index contributed by atoms with van der Waals surface area (Å²) in [5.74, 6) is -0.0748. The van der Waals surface area contributed by atoms with Crippen molar-refractivity contribution in [3.05, 3.63) is 59.7 Å². The van der Waals surface area contributed by atoms with Gasteiger partial charge in [-0.05, 0) is 42.3 Å². The smallest absolute Gasteiger partial charge is 0.343 e. The van der Waals surface area contributed by atoms with Crippen LogP contribution in [0.25, 0.3) is 0 Å². The van der Waals surface area contributed by atoms with Crippen LogP contribution in [-0.2, 0) is 25.5 Å². The maximum atomic E-state index is 12.1. The van der Waals surface area contributed by atoms with E-state index in [0.29, 0.717) is 17.1 Å². The third-order valence-corrected chi connectivity index (χ3v) is 4.13. The van der Waals surface area contributed by atoms with Crippen molar-refractivity contribution in [3.8, 4) is 11.5 Å². The lowest BCUT2D eigenvalue weighted by atomic mass is 10.1. The van der Waals surface area contributed by atoms with Crippen LogP contribution in [0.5, 0.6) is 11.5 Å². The minimum absolute atomic E-state index is 0.142. The molecule has 1 atom stereocenters. The topological polar surface area (TPSA) is 115 Å². The van der Waals surface area contributed by atoms with Crippen LogP contribution in [0.2, 0.25) is 0 Å². The number of benzene rings is 2. The Hall–Kier alpha value is -3.88. The van der Waals surface area contributed by atoms with Crippen LogP contribution >= 0.6 is 0 Å². The summed E-state index contributed by atoms with van der Waals surface area (Å²) in [5, 5.41) is 6.52. The van der Waals surface area contributed by atoms with Gasteiger partial charge in [0.1, 0.15) is 17.5 Å². The number of amides is 2. The number of esters is 1. The second-order valence-electron chi connectivity index (χ2n) is 6.49. The highest BCUT2D eigenvalue weighted by molar-refractivity contribution is 5.89. The standard InChI is InChI=1S/C22H25N3O6/c1-15(24-20(26)12-16-7-9-18(29-2)10-8-16)22(28)25-23-13-17-5-4-6-19(11-17)31-14-21(27)30-3/h4-11,13,15H,12,14H2,1-3H3,(H,24,26)(H,25,28). The molecular formula is C22H25N3O6. The molecule has 31 heavy (non-hydrogen) atoms. The zero-order valence-corrected chi connectivity index (χ0v) is 17.6. The van der Waals surface area contributed by atoms with Crippen LogP contribution in [-0.4, -0.2) is 50.9 Å². The minimum atomic E-state index is -0.766. The van der Waals surface area contributed by atoms with Crippen molar-refractivity contribution in [3.63, 3.8) is 0 Å². The van der Waals surface area contributed by atoms with Gasteiger partial charge in [-0.1, -0.05) is 24.3 Å². The van der Waals surface area contributed by atoms with Gasteiger partial charge in [0.25, 0.3) is 5.91 Å². The molecule has 2 aromatic carbocycles. The molecule has 0 aliphatic rings. The molecule has 9 nitrogen and oxygen atoms in total. The Morgan fingerprint density at radius 1 is 1.06 bits per heavy atom. The molecule has 0 saturated heterocycles. The van der Waals surface area contributed by atoms with Crippen molar-refractivity contribution in [1.29, 1.82) is 0 Å². The number of hydrazone groups is 1. The lowest BCUT2D eigenvalue weighted by molar-refractivity contribution is -0.142. The van der Waals surface area contributed by atoms with E-state index in [1.54, 1.807) is 62.6 Å². The van der Waals surface area contributed by atoms with E-state index in [2.05, 4.69) is 20.6 Å². The summed E-state index contributed by atoms with van der Waals surface area (Å²) in [5.41, 5.74) is 3.83. The molecule has 0 spiro atoms. The van der Waals surface area contributed by atoms with Crippen molar-refractivity contribution < 1.29 is 28.6 Å². The van der Waals surface area contributed by atoms with Crippen molar-refractivity contribution in [2.75, 3.05) is 20.8 Å². The zero-order valence-electron chi connectivity index (χ0n) is 17.6. The Balaban J connectivity index is 1.80. The summed E-state index contributed by atoms with van der Waals surface area (Å²) in [7, 11) is 2.85. The molecule has 2 rings (SSSR count). The van der Waals surface area contributed by atoms with E-state index in [1.165, 1.54) is 13.3 Å². The summed E-state index contributed by atoms with van der Waals surface area (Å²) in [6, 6.07) is 13.1. The lowest BCUT2D eigenvalue weighted by Gasteiger charge is -2.12. The molecule has 0 aliphatic carbocycles. The van der Waals surface area contributed by atoms with Gasteiger partial charge in [-0.15, -0.1) is 0 Å². The fourth-order valence-electron chi connectivity index (χ4n) is 2.44. The summed E-state index contributed by atoms with van der Waals surface area (Å²) in [6.45, 7) is 1.36. The van der Waals surface area contributed by atoms with Crippen molar-refractivity contribution in [2.24, 2.45) is 5.10 Å². The molecule has 0 fully saturated rings. The summed E-state index contributed by atoms with van der Waals surface area (Å²) < 4.78 is 14.9. The number of carbonyl (C=O) groups excluding carboxylic acids is 3. The highest BCUT2D eigenvalue weighted by Gasteiger charge is 2.15. The quantitative estimate of drug-likeness (QED) is 0.337. The van der Waals surface area contributed by atoms with Crippen LogP contribution in [0.1, 0.15) is 18.1 Å². The van der Waals surface area contributed by atoms with E-state index < -0.39 is 17.9 Å². The van der Waals surface area contributed by atoms with Gasteiger partial charge in [0, 0.05) is 0 Å². The second kappa shape index (κ2) is 12.0. The molecule has 0 radical (unpaired) electrons. The van der Waals surface area contributed by atoms with Crippen molar-refractivity contribution in [2.45, 2.75) is 19.4 Å². The van der Waals surface area contributed by atoms with Gasteiger partial charge in [-0.25, -0.2) is 10.2 Å². The van der Waals surface area contributed by atoms with Crippen LogP contribution in [0, 0.1) is 0 Å². The summed E-state index contributed by atoms with van der Waals surface area (Å²) in [4.78, 5) is 35.4. The molecule has 1 unspecified atom stereocenters. The van der Waals surface area contributed by atoms with E-state index in [9.17, 15) is 14.4 Å². The van der Waals surface area contributed by atoms with Gasteiger partial charge in [0.2, 0.25) is 5.91 Å². The average molecular weight is 427 g/mol. The molecule has 2 amide bonds. The maximum Gasteiger partial charge on any atom is 0.343 e. The first-order chi connectivity index (χ1) is 14.9. The van der Waals surface area contributed by atoms with Gasteiger partial charge in [0.05, 0.1) is 26.9 Å². The molecule has 0 aromatic heterocycles. The van der Waals surface area contributed by atoms with Crippen molar-refractivity contribution in [1.82, 2.24) is 10.7 Å². The molecule has 0 bridgehead atoms. The van der Waals surface area contributed by atoms with Gasteiger partial charge < -0.3 is 19.5 Å². The number of carbonyl (C=O) groups is 3. The molecule has 164 valence electrons. The summed E-state index contributed by atoms with van der Waals surface area (Å²) in [6.07, 6.45) is 1.57. The molecule has 9 heteroatoms. The van der Waals surface area contributed by atoms with Crippen LogP contribution < -0.4 is 20.2 Å². The van der Waals surface area contributed by atoms with Gasteiger partial charge in [-0.2, -0.15) is 5.10 Å². The SMILES string of the molecule is COC(=O)COc1cccc(C=NNC(=O)C(C)NC(=O)Cc2ccc(OC)cc2)c1. The highest BCUT2D eigenvalue weighted by atomic mass is 16.6. The first-order valence-corrected chi connectivity index (χ1v) is 9.46. The Bertz CT molecular complexity index is 927. The largest absolute Gasteiger partial charge is 0.497 e. The Morgan fingerprint density at radius 3 is 2.48 bits per heavy atom. The van der Waals surface area contributed by atoms with Gasteiger partial charge in [-0.3, -0.25) is 9.59 Å². The maximum absolute atomic E-state index is 12.1. The molecule has 0 saturated carbocycles. The van der Waals surface area contributed by atoms with Crippen LogP contribution in [0.3, 0.4) is 0 Å². The first-order valence-electron chi connectivity index (χ1n) is 9.46. The molecule has 0 aliphatic heterocycles. The fourth-order valence-corrected chi connectivity index (χ4v) is 2.44. The molecule has 2 N–H and O–H groups in total. The predicted octanol–water partition coefficient (Wildman–Crippen LogP) is 1.44. The van der Waals surface area contributed by atoms with Gasteiger partial charge in [0.15, 0.2) is 6.61 Å². The number of hydrogen-bond acceptors (Lipinski definition) is 7. The third kappa shape index (κ3) is 8.17. The number of ether oxygens (including phenoxy) is 3. The second-order valence-corrected chi connectivity index (χ2v) is 6.49. The first kappa shape index (κ1) is 23.4.